The zero-order valence-electron chi connectivity index (χ0n) is 15.8. The number of aryl methyl sites for hydroxylation is 1. The summed E-state index contributed by atoms with van der Waals surface area (Å²) in [5.74, 6) is -1.04. The van der Waals surface area contributed by atoms with Gasteiger partial charge in [-0.2, -0.15) is 0 Å². The van der Waals surface area contributed by atoms with Crippen LogP contribution in [-0.4, -0.2) is 28.8 Å². The number of carboxylic acid groups (broad SMARTS) is 1. The molecule has 0 fully saturated rings. The van der Waals surface area contributed by atoms with Crippen molar-refractivity contribution in [3.8, 4) is 11.1 Å². The predicted molar refractivity (Wildman–Crippen MR) is 110 cm³/mol. The van der Waals surface area contributed by atoms with Crippen molar-refractivity contribution in [2.45, 2.75) is 25.3 Å². The summed E-state index contributed by atoms with van der Waals surface area (Å²) in [6.45, 7) is 2.01. The molecule has 0 saturated heterocycles. The lowest BCUT2D eigenvalue weighted by molar-refractivity contribution is -0.137. The van der Waals surface area contributed by atoms with Gasteiger partial charge in [0.25, 0.3) is 0 Å². The van der Waals surface area contributed by atoms with E-state index in [0.29, 0.717) is 4.88 Å². The van der Waals surface area contributed by atoms with E-state index in [0.717, 1.165) is 27.3 Å². The van der Waals surface area contributed by atoms with Crippen LogP contribution in [0.3, 0.4) is 0 Å². The van der Waals surface area contributed by atoms with Gasteiger partial charge in [-0.05, 0) is 29.2 Å². The fourth-order valence-electron chi connectivity index (χ4n) is 3.72. The van der Waals surface area contributed by atoms with Crippen molar-refractivity contribution in [2.75, 3.05) is 6.61 Å². The van der Waals surface area contributed by atoms with Crippen molar-refractivity contribution < 1.29 is 19.4 Å². The van der Waals surface area contributed by atoms with Gasteiger partial charge in [0.2, 0.25) is 0 Å². The Bertz CT molecular complexity index is 1020. The van der Waals surface area contributed by atoms with E-state index in [4.69, 9.17) is 4.74 Å². The molecule has 2 N–H and O–H groups in total. The van der Waals surface area contributed by atoms with Crippen molar-refractivity contribution in [1.82, 2.24) is 10.3 Å². The number of hydrogen-bond donors (Lipinski definition) is 2. The van der Waals surface area contributed by atoms with Crippen LogP contribution in [0.5, 0.6) is 0 Å². The number of fused-ring (bicyclic) bond motifs is 3. The van der Waals surface area contributed by atoms with Crippen molar-refractivity contribution in [1.29, 1.82) is 0 Å². The van der Waals surface area contributed by atoms with E-state index in [1.165, 1.54) is 11.3 Å². The summed E-state index contributed by atoms with van der Waals surface area (Å²) >= 11 is 1.36. The van der Waals surface area contributed by atoms with Crippen molar-refractivity contribution in [2.24, 2.45) is 0 Å². The first-order valence-corrected chi connectivity index (χ1v) is 10.1. The summed E-state index contributed by atoms with van der Waals surface area (Å²) < 4.78 is 5.52. The summed E-state index contributed by atoms with van der Waals surface area (Å²) in [5.41, 5.74) is 4.56. The molecule has 0 unspecified atom stereocenters. The molecule has 6 nitrogen and oxygen atoms in total. The Morgan fingerprint density at radius 3 is 2.31 bits per heavy atom. The highest BCUT2D eigenvalue weighted by atomic mass is 32.1. The number of carboxylic acids is 1. The van der Waals surface area contributed by atoms with Crippen LogP contribution in [0.2, 0.25) is 0 Å². The lowest BCUT2D eigenvalue weighted by Gasteiger charge is -2.18. The maximum absolute atomic E-state index is 12.5. The molecule has 0 spiro atoms. The minimum Gasteiger partial charge on any atom is -0.481 e. The number of nitrogens with zero attached hydrogens (tertiary/aromatic N) is 1. The van der Waals surface area contributed by atoms with Gasteiger partial charge in [-0.25, -0.2) is 9.78 Å². The van der Waals surface area contributed by atoms with Gasteiger partial charge < -0.3 is 15.2 Å². The molecule has 0 aliphatic heterocycles. The second-order valence-electron chi connectivity index (χ2n) is 6.90. The zero-order chi connectivity index (χ0) is 20.4. The van der Waals surface area contributed by atoms with Crippen LogP contribution in [0.15, 0.2) is 54.7 Å². The number of benzene rings is 2. The van der Waals surface area contributed by atoms with Crippen LogP contribution < -0.4 is 5.32 Å². The number of thiazole rings is 1. The standard InChI is InChI=1S/C22H20N2O4S/c1-13-23-11-20(29-13)19(10-21(25)26)24-22(27)28-12-18-16-8-4-2-6-14(16)15-7-3-5-9-17(15)18/h2-9,11,18-19H,10,12H2,1H3,(H,24,27)(H,25,26)/t19-/m0/s1. The number of carbonyl (C=O) groups is 2. The Labute approximate surface area is 172 Å². The summed E-state index contributed by atoms with van der Waals surface area (Å²) in [5, 5.41) is 12.7. The van der Waals surface area contributed by atoms with Crippen LogP contribution in [-0.2, 0) is 9.53 Å². The van der Waals surface area contributed by atoms with E-state index in [1.807, 2.05) is 31.2 Å². The molecule has 148 valence electrons. The highest BCUT2D eigenvalue weighted by Crippen LogP contribution is 2.44. The summed E-state index contributed by atoms with van der Waals surface area (Å²) in [7, 11) is 0. The van der Waals surface area contributed by atoms with Crippen LogP contribution in [0.4, 0.5) is 4.79 Å². The third-order valence-corrected chi connectivity index (χ3v) is 6.02. The second kappa shape index (κ2) is 8.05. The lowest BCUT2D eigenvalue weighted by atomic mass is 9.98. The number of aliphatic carboxylic acids is 1. The van der Waals surface area contributed by atoms with Crippen LogP contribution in [0, 0.1) is 6.92 Å². The largest absolute Gasteiger partial charge is 0.481 e. The van der Waals surface area contributed by atoms with Crippen molar-refractivity contribution >= 4 is 23.4 Å². The maximum Gasteiger partial charge on any atom is 0.407 e. The summed E-state index contributed by atoms with van der Waals surface area (Å²) in [4.78, 5) is 28.5. The molecule has 0 bridgehead atoms. The number of nitrogens with one attached hydrogen (secondary N) is 1. The van der Waals surface area contributed by atoms with E-state index >= 15 is 0 Å². The third kappa shape index (κ3) is 4.00. The molecule has 2 aromatic carbocycles. The molecule has 3 aromatic rings. The van der Waals surface area contributed by atoms with Crippen LogP contribution in [0.1, 0.15) is 39.4 Å². The first-order chi connectivity index (χ1) is 14.0. The minimum atomic E-state index is -1.000. The Morgan fingerprint density at radius 1 is 1.14 bits per heavy atom. The van der Waals surface area contributed by atoms with Gasteiger partial charge in [0, 0.05) is 17.0 Å². The topological polar surface area (TPSA) is 88.5 Å². The van der Waals surface area contributed by atoms with Crippen LogP contribution >= 0.6 is 11.3 Å². The number of hydrogen-bond acceptors (Lipinski definition) is 5. The molecule has 1 aliphatic rings. The number of ether oxygens (including phenoxy) is 1. The Morgan fingerprint density at radius 2 is 1.76 bits per heavy atom. The molecule has 1 amide bonds. The third-order valence-electron chi connectivity index (χ3n) is 5.00. The van der Waals surface area contributed by atoms with E-state index in [2.05, 4.69) is 34.6 Å². The number of amides is 1. The average molecular weight is 408 g/mol. The predicted octanol–water partition coefficient (Wildman–Crippen LogP) is 4.51. The van der Waals surface area contributed by atoms with Crippen molar-refractivity contribution in [3.05, 3.63) is 75.7 Å². The quantitative estimate of drug-likeness (QED) is 0.627. The molecular weight excluding hydrogens is 388 g/mol. The van der Waals surface area contributed by atoms with Gasteiger partial charge in [0.1, 0.15) is 6.61 Å². The molecule has 1 heterocycles. The Hall–Kier alpha value is -3.19. The van der Waals surface area contributed by atoms with E-state index in [-0.39, 0.29) is 18.9 Å². The SMILES string of the molecule is Cc1ncc([C@H](CC(=O)O)NC(=O)OCC2c3ccccc3-c3ccccc32)s1. The first-order valence-electron chi connectivity index (χ1n) is 9.28. The molecule has 0 saturated carbocycles. The van der Waals surface area contributed by atoms with E-state index in [1.54, 1.807) is 6.20 Å². The molecular formula is C22H20N2O4S. The average Bonchev–Trinajstić information content (AvgIpc) is 3.27. The van der Waals surface area contributed by atoms with Gasteiger partial charge >= 0.3 is 12.1 Å². The normalized spacial score (nSPS) is 13.4. The maximum atomic E-state index is 12.5. The fraction of sp³-hybridized carbons (Fsp3) is 0.227. The van der Waals surface area contributed by atoms with E-state index < -0.39 is 18.1 Å². The minimum absolute atomic E-state index is 0.0447. The summed E-state index contributed by atoms with van der Waals surface area (Å²) in [6, 6.07) is 15.5. The molecule has 1 atom stereocenters. The van der Waals surface area contributed by atoms with Gasteiger partial charge in [0.05, 0.1) is 17.5 Å². The van der Waals surface area contributed by atoms with Gasteiger partial charge in [0.15, 0.2) is 0 Å². The Balaban J connectivity index is 1.47. The monoisotopic (exact) mass is 408 g/mol. The second-order valence-corrected chi connectivity index (χ2v) is 8.17. The smallest absolute Gasteiger partial charge is 0.407 e. The number of carbonyl (C=O) groups excluding carboxylic acids is 1. The first kappa shape index (κ1) is 19.1. The van der Waals surface area contributed by atoms with Gasteiger partial charge in [-0.3, -0.25) is 4.79 Å². The van der Waals surface area contributed by atoms with Gasteiger partial charge in [-0.1, -0.05) is 48.5 Å². The molecule has 1 aliphatic carbocycles. The molecule has 29 heavy (non-hydrogen) atoms. The fourth-order valence-corrected chi connectivity index (χ4v) is 4.56. The number of alkyl carbamates (subject to hydrolysis) is 1. The highest BCUT2D eigenvalue weighted by Gasteiger charge is 2.29. The summed E-state index contributed by atoms with van der Waals surface area (Å²) in [6.07, 6.45) is 0.729. The number of aromatic nitrogens is 1. The lowest BCUT2D eigenvalue weighted by Crippen LogP contribution is -2.31. The van der Waals surface area contributed by atoms with Crippen molar-refractivity contribution in [3.63, 3.8) is 0 Å². The molecule has 4 rings (SSSR count). The molecule has 1 aromatic heterocycles. The highest BCUT2D eigenvalue weighted by molar-refractivity contribution is 7.11. The van der Waals surface area contributed by atoms with Crippen LogP contribution in [0.25, 0.3) is 11.1 Å². The van der Waals surface area contributed by atoms with E-state index in [9.17, 15) is 14.7 Å². The Kier molecular flexibility index (Phi) is 5.31. The van der Waals surface area contributed by atoms with Gasteiger partial charge in [-0.15, -0.1) is 11.3 Å². The zero-order valence-corrected chi connectivity index (χ0v) is 16.6. The molecule has 7 heteroatoms. The molecule has 0 radical (unpaired) electrons. The number of rotatable bonds is 6.